The van der Waals surface area contributed by atoms with Gasteiger partial charge in [-0.3, -0.25) is 4.79 Å². The minimum atomic E-state index is -0.653. The second-order valence-corrected chi connectivity index (χ2v) is 6.61. The first-order valence-corrected chi connectivity index (χ1v) is 9.14. The topological polar surface area (TPSA) is 84.2 Å². The lowest BCUT2D eigenvalue weighted by Gasteiger charge is -2.16. The molecule has 0 aliphatic heterocycles. The van der Waals surface area contributed by atoms with Gasteiger partial charge in [-0.2, -0.15) is 5.26 Å². The molecular formula is C23H21N3O3. The van der Waals surface area contributed by atoms with Crippen LogP contribution in [-0.4, -0.2) is 17.0 Å². The zero-order valence-electron chi connectivity index (χ0n) is 16.5. The summed E-state index contributed by atoms with van der Waals surface area (Å²) in [6.07, 6.45) is 0.910. The van der Waals surface area contributed by atoms with Crippen LogP contribution in [0.15, 0.2) is 60.8 Å². The van der Waals surface area contributed by atoms with Crippen LogP contribution in [0.25, 0.3) is 0 Å². The lowest BCUT2D eigenvalue weighted by atomic mass is 10.2. The van der Waals surface area contributed by atoms with Gasteiger partial charge in [0.1, 0.15) is 23.1 Å². The standard InChI is InChI=1S/C23H21N3O3/c1-15-6-8-19(9-7-15)28-17(3)22(27)26-21-11-10-20(13-16(21)2)29-23-18(14-24)5-4-12-25-23/h4-13,17H,1-3H3,(H,26,27). The Kier molecular flexibility index (Phi) is 6.10. The van der Waals surface area contributed by atoms with E-state index < -0.39 is 6.10 Å². The highest BCUT2D eigenvalue weighted by Crippen LogP contribution is 2.27. The number of ether oxygens (including phenoxy) is 2. The summed E-state index contributed by atoms with van der Waals surface area (Å²) in [5, 5.41) is 12.0. The normalized spacial score (nSPS) is 11.2. The summed E-state index contributed by atoms with van der Waals surface area (Å²) in [4.78, 5) is 16.6. The molecule has 0 aliphatic carbocycles. The van der Waals surface area contributed by atoms with Gasteiger partial charge in [0.2, 0.25) is 5.88 Å². The number of anilines is 1. The molecule has 0 fully saturated rings. The third-order valence-corrected chi connectivity index (χ3v) is 4.26. The molecule has 0 saturated carbocycles. The van der Waals surface area contributed by atoms with Gasteiger partial charge in [0, 0.05) is 11.9 Å². The van der Waals surface area contributed by atoms with Crippen LogP contribution in [0, 0.1) is 25.2 Å². The smallest absolute Gasteiger partial charge is 0.265 e. The van der Waals surface area contributed by atoms with Crippen molar-refractivity contribution in [3.05, 3.63) is 77.5 Å². The molecule has 1 unspecified atom stereocenters. The van der Waals surface area contributed by atoms with Gasteiger partial charge in [-0.05, 0) is 68.8 Å². The number of aromatic nitrogens is 1. The van der Waals surface area contributed by atoms with Crippen LogP contribution in [0.2, 0.25) is 0 Å². The van der Waals surface area contributed by atoms with Crippen molar-refractivity contribution in [3.8, 4) is 23.4 Å². The van der Waals surface area contributed by atoms with E-state index in [0.717, 1.165) is 11.1 Å². The minimum Gasteiger partial charge on any atom is -0.481 e. The van der Waals surface area contributed by atoms with Gasteiger partial charge >= 0.3 is 0 Å². The Morgan fingerprint density at radius 3 is 2.52 bits per heavy atom. The van der Waals surface area contributed by atoms with Crippen molar-refractivity contribution in [2.45, 2.75) is 26.9 Å². The summed E-state index contributed by atoms with van der Waals surface area (Å²) in [5.41, 5.74) is 2.95. The number of benzene rings is 2. The van der Waals surface area contributed by atoms with Crippen LogP contribution in [0.5, 0.6) is 17.4 Å². The largest absolute Gasteiger partial charge is 0.481 e. The van der Waals surface area contributed by atoms with Crippen molar-refractivity contribution < 1.29 is 14.3 Å². The molecule has 3 rings (SSSR count). The van der Waals surface area contributed by atoms with E-state index in [2.05, 4.69) is 10.3 Å². The molecule has 0 bridgehead atoms. The first-order valence-electron chi connectivity index (χ1n) is 9.14. The monoisotopic (exact) mass is 387 g/mol. The molecule has 0 radical (unpaired) electrons. The van der Waals surface area contributed by atoms with Crippen molar-refractivity contribution >= 4 is 11.6 Å². The number of nitrogens with one attached hydrogen (secondary N) is 1. The number of hydrogen-bond acceptors (Lipinski definition) is 5. The van der Waals surface area contributed by atoms with Crippen molar-refractivity contribution in [3.63, 3.8) is 0 Å². The lowest BCUT2D eigenvalue weighted by Crippen LogP contribution is -2.30. The zero-order chi connectivity index (χ0) is 20.8. The molecule has 29 heavy (non-hydrogen) atoms. The summed E-state index contributed by atoms with van der Waals surface area (Å²) in [7, 11) is 0. The summed E-state index contributed by atoms with van der Waals surface area (Å²) in [5.74, 6) is 1.16. The molecule has 3 aromatic rings. The fraction of sp³-hybridized carbons (Fsp3) is 0.174. The number of hydrogen-bond donors (Lipinski definition) is 1. The number of carbonyl (C=O) groups excluding carboxylic acids is 1. The van der Waals surface area contributed by atoms with Crippen molar-refractivity contribution in [1.29, 1.82) is 5.26 Å². The number of amides is 1. The third kappa shape index (κ3) is 5.11. The summed E-state index contributed by atoms with van der Waals surface area (Å²) in [6, 6.07) is 18.1. The van der Waals surface area contributed by atoms with Crippen LogP contribution in [0.3, 0.4) is 0 Å². The van der Waals surface area contributed by atoms with E-state index in [4.69, 9.17) is 14.7 Å². The maximum atomic E-state index is 12.5. The van der Waals surface area contributed by atoms with E-state index in [0.29, 0.717) is 22.7 Å². The Morgan fingerprint density at radius 1 is 1.10 bits per heavy atom. The quantitative estimate of drug-likeness (QED) is 0.659. The van der Waals surface area contributed by atoms with Gasteiger partial charge in [-0.25, -0.2) is 4.98 Å². The molecule has 1 heterocycles. The number of aryl methyl sites for hydroxylation is 2. The number of nitriles is 1. The number of nitrogens with zero attached hydrogens (tertiary/aromatic N) is 2. The maximum absolute atomic E-state index is 12.5. The molecule has 6 nitrogen and oxygen atoms in total. The van der Waals surface area contributed by atoms with E-state index >= 15 is 0 Å². The highest BCUT2D eigenvalue weighted by atomic mass is 16.5. The van der Waals surface area contributed by atoms with Gasteiger partial charge in [-0.1, -0.05) is 17.7 Å². The fourth-order valence-corrected chi connectivity index (χ4v) is 2.62. The molecule has 1 atom stereocenters. The summed E-state index contributed by atoms with van der Waals surface area (Å²) >= 11 is 0. The van der Waals surface area contributed by atoms with Crippen LogP contribution in [0.4, 0.5) is 5.69 Å². The van der Waals surface area contributed by atoms with Crippen LogP contribution < -0.4 is 14.8 Å². The molecule has 146 valence electrons. The van der Waals surface area contributed by atoms with Crippen LogP contribution >= 0.6 is 0 Å². The second-order valence-electron chi connectivity index (χ2n) is 6.61. The van der Waals surface area contributed by atoms with Crippen LogP contribution in [0.1, 0.15) is 23.6 Å². The van der Waals surface area contributed by atoms with Gasteiger partial charge in [0.25, 0.3) is 5.91 Å². The first kappa shape index (κ1) is 19.9. The molecule has 1 N–H and O–H groups in total. The third-order valence-electron chi connectivity index (χ3n) is 4.26. The molecule has 6 heteroatoms. The molecule has 2 aromatic carbocycles. The molecular weight excluding hydrogens is 366 g/mol. The van der Waals surface area contributed by atoms with Gasteiger partial charge < -0.3 is 14.8 Å². The van der Waals surface area contributed by atoms with E-state index in [-0.39, 0.29) is 11.8 Å². The Labute approximate surface area is 169 Å². The molecule has 1 aromatic heterocycles. The molecule has 0 aliphatic rings. The summed E-state index contributed by atoms with van der Waals surface area (Å²) < 4.78 is 11.4. The Hall–Kier alpha value is -3.85. The molecule has 1 amide bonds. The number of carbonyl (C=O) groups is 1. The van der Waals surface area contributed by atoms with Gasteiger partial charge in [-0.15, -0.1) is 0 Å². The number of pyridine rings is 1. The average molecular weight is 387 g/mol. The fourth-order valence-electron chi connectivity index (χ4n) is 2.62. The summed E-state index contributed by atoms with van der Waals surface area (Å²) in [6.45, 7) is 5.55. The van der Waals surface area contributed by atoms with E-state index in [9.17, 15) is 4.79 Å². The highest BCUT2D eigenvalue weighted by molar-refractivity contribution is 5.94. The lowest BCUT2D eigenvalue weighted by molar-refractivity contribution is -0.122. The Bertz CT molecular complexity index is 1060. The zero-order valence-corrected chi connectivity index (χ0v) is 16.5. The second kappa shape index (κ2) is 8.89. The molecule has 0 spiro atoms. The van der Waals surface area contributed by atoms with E-state index in [1.54, 1.807) is 43.5 Å². The molecule has 0 saturated heterocycles. The Morgan fingerprint density at radius 2 is 1.83 bits per heavy atom. The Balaban J connectivity index is 1.66. The van der Waals surface area contributed by atoms with Crippen molar-refractivity contribution in [2.75, 3.05) is 5.32 Å². The maximum Gasteiger partial charge on any atom is 0.265 e. The highest BCUT2D eigenvalue weighted by Gasteiger charge is 2.16. The predicted octanol–water partition coefficient (Wildman–Crippen LogP) is 4.77. The first-order chi connectivity index (χ1) is 14.0. The number of rotatable bonds is 6. The van der Waals surface area contributed by atoms with E-state index in [1.165, 1.54) is 0 Å². The average Bonchev–Trinajstić information content (AvgIpc) is 2.72. The predicted molar refractivity (Wildman–Crippen MR) is 110 cm³/mol. The van der Waals surface area contributed by atoms with E-state index in [1.807, 2.05) is 44.2 Å². The minimum absolute atomic E-state index is 0.242. The van der Waals surface area contributed by atoms with Crippen LogP contribution in [-0.2, 0) is 4.79 Å². The van der Waals surface area contributed by atoms with Gasteiger partial charge in [0.05, 0.1) is 0 Å². The van der Waals surface area contributed by atoms with Crippen molar-refractivity contribution in [2.24, 2.45) is 0 Å². The van der Waals surface area contributed by atoms with Crippen molar-refractivity contribution in [1.82, 2.24) is 4.98 Å². The SMILES string of the molecule is Cc1ccc(OC(C)C(=O)Nc2ccc(Oc3ncccc3C#N)cc2C)cc1. The van der Waals surface area contributed by atoms with Gasteiger partial charge in [0.15, 0.2) is 6.10 Å².